The molecule has 3 aromatic heterocycles. The first-order valence-corrected chi connectivity index (χ1v) is 23.4. The van der Waals surface area contributed by atoms with E-state index in [0.717, 1.165) is 35.2 Å². The normalized spacial score (nSPS) is 15.0. The Kier molecular flexibility index (Phi) is 17.6. The van der Waals surface area contributed by atoms with Crippen LogP contribution in [0.15, 0.2) is 27.6 Å². The Bertz CT molecular complexity index is 2490. The van der Waals surface area contributed by atoms with E-state index < -0.39 is 106 Å². The number of hydrogen-bond donors (Lipinski definition) is 5. The zero-order chi connectivity index (χ0) is 50.1. The Morgan fingerprint density at radius 1 is 0.970 bits per heavy atom. The average molecular weight is 983 g/mol. The van der Waals surface area contributed by atoms with Crippen LogP contribution in [-0.4, -0.2) is 138 Å². The summed E-state index contributed by atoms with van der Waals surface area (Å²) in [5.74, 6) is -2.94. The van der Waals surface area contributed by atoms with Gasteiger partial charge in [-0.1, -0.05) is 35.9 Å². The number of thiazole rings is 1. The number of rotatable bonds is 21. The largest absolute Gasteiger partial charge is 0.490 e. The number of hydrogen-bond acceptors (Lipinski definition) is 20. The molecule has 0 aliphatic carbocycles. The van der Waals surface area contributed by atoms with Gasteiger partial charge in [0.2, 0.25) is 5.60 Å². The molecule has 0 spiro atoms. The molecule has 1 fully saturated rings. The maximum atomic E-state index is 13.7. The Balaban J connectivity index is 1.57. The molecule has 1 aliphatic heterocycles. The molecule has 25 nitrogen and oxygen atoms in total. The van der Waals surface area contributed by atoms with E-state index in [4.69, 9.17) is 23.8 Å². The van der Waals surface area contributed by atoms with Crippen LogP contribution in [0, 0.1) is 0 Å². The van der Waals surface area contributed by atoms with Gasteiger partial charge in [-0.2, -0.15) is 8.42 Å². The number of aliphatic hydroxyl groups is 2. The number of carbonyl (C=O) groups is 5. The fraction of sp³-hybridized carbons (Fsp3) is 0.600. The summed E-state index contributed by atoms with van der Waals surface area (Å²) < 4.78 is 51.8. The van der Waals surface area contributed by atoms with Gasteiger partial charge >= 0.3 is 34.0 Å². The van der Waals surface area contributed by atoms with E-state index >= 15 is 0 Å². The van der Waals surface area contributed by atoms with Crippen molar-refractivity contribution in [3.8, 4) is 23.0 Å². The van der Waals surface area contributed by atoms with Gasteiger partial charge in [0.05, 0.1) is 45.2 Å². The van der Waals surface area contributed by atoms with Crippen molar-refractivity contribution in [3.05, 3.63) is 33.8 Å². The molecule has 0 bridgehead atoms. The molecule has 2 atom stereocenters. The fourth-order valence-corrected chi connectivity index (χ4v) is 6.95. The van der Waals surface area contributed by atoms with Crippen LogP contribution in [-0.2, 0) is 45.4 Å². The molecule has 4 heterocycles. The first kappa shape index (κ1) is 53.4. The number of aliphatic hydroxyl groups excluding tert-OH is 2. The molecule has 1 saturated heterocycles. The van der Waals surface area contributed by atoms with Crippen LogP contribution < -0.4 is 30.5 Å². The Morgan fingerprint density at radius 2 is 1.60 bits per heavy atom. The van der Waals surface area contributed by atoms with Gasteiger partial charge in [-0.3, -0.25) is 24.4 Å². The lowest BCUT2D eigenvalue weighted by molar-refractivity contribution is -0.179. The minimum atomic E-state index is -5.24. The molecule has 4 rings (SSSR count). The van der Waals surface area contributed by atoms with Gasteiger partial charge in [-0.05, 0) is 68.2 Å². The molecule has 5 N–H and O–H groups in total. The zero-order valence-corrected chi connectivity index (χ0v) is 40.5. The predicted molar refractivity (Wildman–Crippen MR) is 240 cm³/mol. The summed E-state index contributed by atoms with van der Waals surface area (Å²) in [5.41, 5.74) is -5.74. The third-order valence-corrected chi connectivity index (χ3v) is 10.6. The number of amides is 5. The molecular formula is C40H58N10O15S2. The van der Waals surface area contributed by atoms with Gasteiger partial charge in [0.15, 0.2) is 28.2 Å². The van der Waals surface area contributed by atoms with Crippen molar-refractivity contribution in [1.82, 2.24) is 38.7 Å². The van der Waals surface area contributed by atoms with Gasteiger partial charge in [0.25, 0.3) is 11.8 Å². The molecule has 27 heteroatoms. The zero-order valence-electron chi connectivity index (χ0n) is 38.9. The van der Waals surface area contributed by atoms with Crippen LogP contribution in [0.1, 0.15) is 101 Å². The first-order chi connectivity index (χ1) is 31.2. The van der Waals surface area contributed by atoms with Crippen LogP contribution in [0.3, 0.4) is 0 Å². The Hall–Kier alpha value is -6.19. The fourth-order valence-electron chi connectivity index (χ4n) is 5.36. The SMILES string of the molecule is CCCCOc1cnc(-c2nn(S(=O)(=O)NC(=O)N3C[C@H](NC(=O)/C(=N\OC(C)(C)C(=O)OC(C)(C)C)c4csc(NC(=O)OC(C)(C)C)n4)C3=O)c(=O)n2C[C@H](O)CO)cc1OCCCC. The van der Waals surface area contributed by atoms with Gasteiger partial charge in [0, 0.05) is 11.4 Å². The summed E-state index contributed by atoms with van der Waals surface area (Å²) in [6.07, 6.45) is 1.96. The van der Waals surface area contributed by atoms with E-state index in [1.807, 2.05) is 13.8 Å². The molecule has 0 unspecified atom stereocenters. The number of nitrogens with one attached hydrogen (secondary N) is 3. The maximum absolute atomic E-state index is 13.7. The number of unbranched alkanes of at least 4 members (excludes halogenated alkanes) is 2. The van der Waals surface area contributed by atoms with Crippen LogP contribution >= 0.6 is 11.3 Å². The number of nitrogens with zero attached hydrogens (tertiary/aromatic N) is 7. The van der Waals surface area contributed by atoms with Gasteiger partial charge in [0.1, 0.15) is 28.6 Å². The summed E-state index contributed by atoms with van der Waals surface area (Å²) in [6, 6.07) is -1.60. The Labute approximate surface area is 390 Å². The van der Waals surface area contributed by atoms with Crippen LogP contribution in [0.4, 0.5) is 14.7 Å². The number of likely N-dealkylation sites (tertiary alicyclic amines) is 1. The topological polar surface area (TPSA) is 323 Å². The molecule has 0 aromatic carbocycles. The van der Waals surface area contributed by atoms with E-state index in [0.29, 0.717) is 17.9 Å². The third kappa shape index (κ3) is 14.6. The van der Waals surface area contributed by atoms with Crippen molar-refractivity contribution in [2.75, 3.05) is 31.7 Å². The van der Waals surface area contributed by atoms with E-state index in [9.17, 15) is 47.4 Å². The Morgan fingerprint density at radius 3 is 2.18 bits per heavy atom. The lowest BCUT2D eigenvalue weighted by Crippen LogP contribution is -2.68. The monoisotopic (exact) mass is 982 g/mol. The lowest BCUT2D eigenvalue weighted by atomic mass is 10.1. The lowest BCUT2D eigenvalue weighted by Gasteiger charge is -2.36. The van der Waals surface area contributed by atoms with Gasteiger partial charge in [-0.25, -0.2) is 33.9 Å². The quantitative estimate of drug-likeness (QED) is 0.0336. The molecule has 67 heavy (non-hydrogen) atoms. The van der Waals surface area contributed by atoms with Crippen molar-refractivity contribution in [1.29, 1.82) is 0 Å². The second-order valence-electron chi connectivity index (χ2n) is 17.4. The van der Waals surface area contributed by atoms with Gasteiger partial charge < -0.3 is 39.3 Å². The molecule has 1 aliphatic rings. The number of anilines is 1. The van der Waals surface area contributed by atoms with E-state index in [2.05, 4.69) is 30.9 Å². The van der Waals surface area contributed by atoms with E-state index in [1.54, 1.807) is 46.3 Å². The van der Waals surface area contributed by atoms with Crippen LogP contribution in [0.5, 0.6) is 11.5 Å². The van der Waals surface area contributed by atoms with Crippen LogP contribution in [0.2, 0.25) is 0 Å². The highest BCUT2D eigenvalue weighted by Gasteiger charge is 2.44. The number of imide groups is 1. The van der Waals surface area contributed by atoms with E-state index in [-0.39, 0.29) is 38.7 Å². The first-order valence-electron chi connectivity index (χ1n) is 21.1. The molecule has 0 saturated carbocycles. The number of aromatic nitrogens is 5. The average Bonchev–Trinajstić information content (AvgIpc) is 3.81. The number of urea groups is 1. The predicted octanol–water partition coefficient (Wildman–Crippen LogP) is 2.29. The minimum Gasteiger partial charge on any atom is -0.490 e. The number of pyridine rings is 1. The molecule has 0 radical (unpaired) electrons. The van der Waals surface area contributed by atoms with Crippen molar-refractivity contribution in [2.45, 2.75) is 130 Å². The van der Waals surface area contributed by atoms with Crippen molar-refractivity contribution < 1.29 is 66.4 Å². The van der Waals surface area contributed by atoms with Gasteiger partial charge in [-0.15, -0.1) is 16.4 Å². The van der Waals surface area contributed by atoms with Crippen molar-refractivity contribution >= 4 is 62.3 Å². The van der Waals surface area contributed by atoms with E-state index in [1.165, 1.54) is 31.5 Å². The second-order valence-corrected chi connectivity index (χ2v) is 19.8. The minimum absolute atomic E-state index is 0.0247. The number of carbonyl (C=O) groups excluding carboxylic acids is 5. The maximum Gasteiger partial charge on any atom is 0.413 e. The summed E-state index contributed by atoms with van der Waals surface area (Å²) >= 11 is 0.873. The summed E-state index contributed by atoms with van der Waals surface area (Å²) in [5, 5.41) is 33.7. The smallest absolute Gasteiger partial charge is 0.413 e. The highest BCUT2D eigenvalue weighted by atomic mass is 32.2. The number of oxime groups is 1. The second kappa shape index (κ2) is 22.1. The third-order valence-electron chi connectivity index (χ3n) is 8.76. The summed E-state index contributed by atoms with van der Waals surface area (Å²) in [7, 11) is -5.24. The standard InChI is InChI=1S/C40H58N10O15S2/c1-11-13-15-61-27-17-24(41-18-28(27)62-16-14-12-2)30-45-50(37(58)48(30)19-23(52)21-51)67(59,60)47-35(56)49-20-25(32(49)54)42-31(53)29(46-65-40(9,10)33(55)63-38(3,4)5)26-22-66-34(43-26)44-36(57)64-39(6,7)8/h17-18,22-23,25,51-52H,11-16,19-21H2,1-10H3,(H,42,53)(H,47,56)(H,43,44,57)/b46-29-/t23-,25-/m0/s1. The highest BCUT2D eigenvalue weighted by molar-refractivity contribution is 7.88. The summed E-state index contributed by atoms with van der Waals surface area (Å²) in [4.78, 5) is 93.5. The van der Waals surface area contributed by atoms with Crippen LogP contribution in [0.25, 0.3) is 11.5 Å². The molecule has 3 aromatic rings. The molecule has 370 valence electrons. The number of β-lactam (4-membered cyclic amide) rings is 1. The molecule has 5 amide bonds. The number of esters is 1. The highest BCUT2D eigenvalue weighted by Crippen LogP contribution is 2.31. The number of ether oxygens (including phenoxy) is 4. The van der Waals surface area contributed by atoms with Crippen molar-refractivity contribution in [2.24, 2.45) is 5.16 Å². The molecular weight excluding hydrogens is 925 g/mol. The summed E-state index contributed by atoms with van der Waals surface area (Å²) in [6.45, 7) is 15.0. The van der Waals surface area contributed by atoms with Crippen molar-refractivity contribution in [3.63, 3.8) is 0 Å².